The fraction of sp³-hybridized carbons (Fsp3) is 0.455. The van der Waals surface area contributed by atoms with E-state index in [2.05, 4.69) is 0 Å². The smallest absolute Gasteiger partial charge is 0.147 e. The SMILES string of the molecule is CS(=O)(=O)CCCC(N)c1cc(Cl)cc(Cl)c1. The van der Waals surface area contributed by atoms with Crippen molar-refractivity contribution in [3.05, 3.63) is 33.8 Å². The van der Waals surface area contributed by atoms with Gasteiger partial charge in [-0.05, 0) is 36.6 Å². The first kappa shape index (κ1) is 14.8. The summed E-state index contributed by atoms with van der Waals surface area (Å²) in [4.78, 5) is 0. The highest BCUT2D eigenvalue weighted by molar-refractivity contribution is 7.90. The number of sulfone groups is 1. The molecule has 3 nitrogen and oxygen atoms in total. The third-order valence-corrected chi connectivity index (χ3v) is 3.81. The van der Waals surface area contributed by atoms with Gasteiger partial charge in [-0.3, -0.25) is 0 Å². The molecule has 17 heavy (non-hydrogen) atoms. The van der Waals surface area contributed by atoms with Gasteiger partial charge < -0.3 is 5.73 Å². The van der Waals surface area contributed by atoms with E-state index in [9.17, 15) is 8.42 Å². The van der Waals surface area contributed by atoms with Gasteiger partial charge in [-0.1, -0.05) is 23.2 Å². The zero-order chi connectivity index (χ0) is 13.1. The normalized spacial score (nSPS) is 13.6. The predicted molar refractivity (Wildman–Crippen MR) is 72.3 cm³/mol. The molecule has 0 bridgehead atoms. The molecule has 0 heterocycles. The Bertz CT molecular complexity index is 468. The largest absolute Gasteiger partial charge is 0.324 e. The van der Waals surface area contributed by atoms with Crippen LogP contribution in [0.3, 0.4) is 0 Å². The van der Waals surface area contributed by atoms with Gasteiger partial charge in [0.15, 0.2) is 0 Å². The predicted octanol–water partition coefficient (Wildman–Crippen LogP) is 2.82. The van der Waals surface area contributed by atoms with Crippen LogP contribution >= 0.6 is 23.2 Å². The highest BCUT2D eigenvalue weighted by atomic mass is 35.5. The number of halogens is 2. The van der Waals surface area contributed by atoms with E-state index < -0.39 is 9.84 Å². The lowest BCUT2D eigenvalue weighted by Gasteiger charge is -2.12. The Morgan fingerprint density at radius 2 is 1.76 bits per heavy atom. The summed E-state index contributed by atoms with van der Waals surface area (Å²) in [5.74, 6) is 0.148. The number of hydrogen-bond acceptors (Lipinski definition) is 3. The molecule has 0 saturated carbocycles. The molecule has 1 aromatic carbocycles. The van der Waals surface area contributed by atoms with E-state index in [1.807, 2.05) is 0 Å². The van der Waals surface area contributed by atoms with Crippen molar-refractivity contribution in [1.82, 2.24) is 0 Å². The van der Waals surface area contributed by atoms with Crippen LogP contribution in [0.15, 0.2) is 18.2 Å². The van der Waals surface area contributed by atoms with Gasteiger partial charge in [-0.2, -0.15) is 0 Å². The first-order valence-corrected chi connectivity index (χ1v) is 7.99. The summed E-state index contributed by atoms with van der Waals surface area (Å²) < 4.78 is 21.9. The lowest BCUT2D eigenvalue weighted by Crippen LogP contribution is -2.12. The van der Waals surface area contributed by atoms with Crippen molar-refractivity contribution in [2.45, 2.75) is 18.9 Å². The lowest BCUT2D eigenvalue weighted by molar-refractivity contribution is 0.588. The second-order valence-electron chi connectivity index (χ2n) is 4.08. The number of nitrogens with two attached hydrogens (primary N) is 1. The fourth-order valence-corrected chi connectivity index (χ4v) is 2.76. The lowest BCUT2D eigenvalue weighted by atomic mass is 10.0. The van der Waals surface area contributed by atoms with E-state index in [-0.39, 0.29) is 11.8 Å². The van der Waals surface area contributed by atoms with Crippen LogP contribution in [0.2, 0.25) is 10.0 Å². The third kappa shape index (κ3) is 5.73. The molecule has 6 heteroatoms. The van der Waals surface area contributed by atoms with Crippen LogP contribution < -0.4 is 5.73 Å². The first-order valence-electron chi connectivity index (χ1n) is 5.17. The van der Waals surface area contributed by atoms with Gasteiger partial charge in [0.05, 0.1) is 0 Å². The summed E-state index contributed by atoms with van der Waals surface area (Å²) in [5.41, 5.74) is 6.78. The van der Waals surface area contributed by atoms with Crippen molar-refractivity contribution in [3.63, 3.8) is 0 Å². The molecule has 0 radical (unpaired) electrons. The molecule has 0 aliphatic heterocycles. The Kier molecular flexibility index (Phi) is 5.25. The molecule has 0 amide bonds. The molecule has 96 valence electrons. The monoisotopic (exact) mass is 295 g/mol. The first-order chi connectivity index (χ1) is 7.78. The molecule has 1 aromatic rings. The van der Waals surface area contributed by atoms with Crippen LogP contribution in [0.4, 0.5) is 0 Å². The number of hydrogen-bond donors (Lipinski definition) is 1. The number of benzene rings is 1. The van der Waals surface area contributed by atoms with Crippen molar-refractivity contribution in [3.8, 4) is 0 Å². The number of rotatable bonds is 5. The molecular formula is C11H15Cl2NO2S. The van der Waals surface area contributed by atoms with Gasteiger partial charge >= 0.3 is 0 Å². The molecule has 2 N–H and O–H groups in total. The van der Waals surface area contributed by atoms with Gasteiger partial charge in [0, 0.05) is 28.1 Å². The average Bonchev–Trinajstić information content (AvgIpc) is 2.13. The second-order valence-corrected chi connectivity index (χ2v) is 7.21. The Balaban J connectivity index is 2.61. The van der Waals surface area contributed by atoms with Crippen LogP contribution in [0.25, 0.3) is 0 Å². The zero-order valence-electron chi connectivity index (χ0n) is 9.49. The summed E-state index contributed by atoms with van der Waals surface area (Å²) in [5, 5.41) is 1.07. The van der Waals surface area contributed by atoms with Crippen molar-refractivity contribution in [2.75, 3.05) is 12.0 Å². The van der Waals surface area contributed by atoms with Gasteiger partial charge in [0.1, 0.15) is 9.84 Å². The van der Waals surface area contributed by atoms with E-state index in [1.54, 1.807) is 18.2 Å². The third-order valence-electron chi connectivity index (χ3n) is 2.34. The molecule has 0 aliphatic carbocycles. The van der Waals surface area contributed by atoms with Crippen LogP contribution in [-0.4, -0.2) is 20.4 Å². The molecule has 0 spiro atoms. The minimum atomic E-state index is -2.93. The summed E-state index contributed by atoms with van der Waals surface area (Å²) in [6.45, 7) is 0. The minimum Gasteiger partial charge on any atom is -0.324 e. The van der Waals surface area contributed by atoms with Gasteiger partial charge in [-0.15, -0.1) is 0 Å². The second kappa shape index (κ2) is 6.05. The van der Waals surface area contributed by atoms with Gasteiger partial charge in [-0.25, -0.2) is 8.42 Å². The van der Waals surface area contributed by atoms with Crippen LogP contribution in [0.5, 0.6) is 0 Å². The van der Waals surface area contributed by atoms with Crippen LogP contribution in [0.1, 0.15) is 24.4 Å². The van der Waals surface area contributed by atoms with E-state index in [1.165, 1.54) is 6.26 Å². The molecular weight excluding hydrogens is 281 g/mol. The molecule has 0 saturated heterocycles. The highest BCUT2D eigenvalue weighted by Gasteiger charge is 2.10. The quantitative estimate of drug-likeness (QED) is 0.909. The Morgan fingerprint density at radius 3 is 2.24 bits per heavy atom. The molecule has 0 aromatic heterocycles. The Morgan fingerprint density at radius 1 is 1.24 bits per heavy atom. The molecule has 1 unspecified atom stereocenters. The topological polar surface area (TPSA) is 60.2 Å². The summed E-state index contributed by atoms with van der Waals surface area (Å²) in [6.07, 6.45) is 2.34. The fourth-order valence-electron chi connectivity index (χ4n) is 1.52. The zero-order valence-corrected chi connectivity index (χ0v) is 11.8. The molecule has 1 rings (SSSR count). The summed E-state index contributed by atoms with van der Waals surface area (Å²) in [7, 11) is -2.93. The molecule has 0 fully saturated rings. The van der Waals surface area contributed by atoms with E-state index in [4.69, 9.17) is 28.9 Å². The summed E-state index contributed by atoms with van der Waals surface area (Å²) >= 11 is 11.7. The van der Waals surface area contributed by atoms with E-state index in [0.717, 1.165) is 5.56 Å². The van der Waals surface area contributed by atoms with E-state index >= 15 is 0 Å². The highest BCUT2D eigenvalue weighted by Crippen LogP contribution is 2.24. The van der Waals surface area contributed by atoms with Crippen LogP contribution in [-0.2, 0) is 9.84 Å². The maximum atomic E-state index is 11.0. The summed E-state index contributed by atoms with van der Waals surface area (Å²) in [6, 6.07) is 4.89. The Labute approximate surface area is 112 Å². The van der Waals surface area contributed by atoms with Crippen molar-refractivity contribution in [1.29, 1.82) is 0 Å². The molecule has 0 aliphatic rings. The molecule has 1 atom stereocenters. The van der Waals surface area contributed by atoms with Crippen molar-refractivity contribution < 1.29 is 8.42 Å². The Hall–Kier alpha value is -0.290. The maximum absolute atomic E-state index is 11.0. The maximum Gasteiger partial charge on any atom is 0.147 e. The van der Waals surface area contributed by atoms with Crippen LogP contribution in [0, 0.1) is 0 Å². The standard InChI is InChI=1S/C11H15Cl2NO2S/c1-17(15,16)4-2-3-11(14)8-5-9(12)7-10(13)6-8/h5-7,11H,2-4,14H2,1H3. The van der Waals surface area contributed by atoms with Crippen molar-refractivity contribution in [2.24, 2.45) is 5.73 Å². The van der Waals surface area contributed by atoms with E-state index in [0.29, 0.717) is 22.9 Å². The van der Waals surface area contributed by atoms with Gasteiger partial charge in [0.25, 0.3) is 0 Å². The van der Waals surface area contributed by atoms with Crippen molar-refractivity contribution >= 4 is 33.0 Å². The average molecular weight is 296 g/mol. The minimum absolute atomic E-state index is 0.148. The van der Waals surface area contributed by atoms with Gasteiger partial charge in [0.2, 0.25) is 0 Å².